The second-order valence-electron chi connectivity index (χ2n) is 4.63. The lowest BCUT2D eigenvalue weighted by Crippen LogP contribution is -3.00. The molecule has 0 bridgehead atoms. The van der Waals surface area contributed by atoms with E-state index in [2.05, 4.69) is 5.16 Å². The number of aromatic nitrogens is 2. The highest BCUT2D eigenvalue weighted by molar-refractivity contribution is 5.87. The molecule has 2 aromatic rings. The number of halogens is 2. The van der Waals surface area contributed by atoms with E-state index in [1.54, 1.807) is 24.5 Å². The minimum atomic E-state index is -0.922. The maximum absolute atomic E-state index is 10.7. The lowest BCUT2D eigenvalue weighted by atomic mass is 10.3. The normalized spacial score (nSPS) is 10.3. The zero-order chi connectivity index (χ0) is 15.8. The molecule has 2 N–H and O–H groups in total. The summed E-state index contributed by atoms with van der Waals surface area (Å²) in [5.41, 5.74) is 1.11. The largest absolute Gasteiger partial charge is 1.00 e. The molecule has 0 aliphatic carbocycles. The standard InChI is InChI=1S/C16H15N3O3.2BrH/c20-16(21)15-5-11-19(12-6-15)8-2-1-7-18-9-3-14(4-10-18)13-17-22;;/h1-6,9-13H,7-8H2;2*1H/b2-1+;;. The predicted octanol–water partition coefficient (Wildman–Crippen LogP) is -4.97. The van der Waals surface area contributed by atoms with Crippen molar-refractivity contribution >= 4 is 12.2 Å². The summed E-state index contributed by atoms with van der Waals surface area (Å²) in [5.74, 6) is -0.922. The number of carboxylic acid groups (broad SMARTS) is 1. The topological polar surface area (TPSA) is 77.7 Å². The van der Waals surface area contributed by atoms with Crippen molar-refractivity contribution in [3.05, 3.63) is 72.3 Å². The van der Waals surface area contributed by atoms with Gasteiger partial charge in [-0.3, -0.25) is 0 Å². The first kappa shape index (κ1) is 21.9. The quantitative estimate of drug-likeness (QED) is 0.150. The van der Waals surface area contributed by atoms with Crippen LogP contribution < -0.4 is 43.1 Å². The number of nitrogens with zero attached hydrogens (tertiary/aromatic N) is 3. The zero-order valence-electron chi connectivity index (χ0n) is 12.7. The van der Waals surface area contributed by atoms with E-state index in [0.29, 0.717) is 6.54 Å². The Hall–Kier alpha value is -2.06. The summed E-state index contributed by atoms with van der Waals surface area (Å²) in [4.78, 5) is 10.7. The molecule has 2 heterocycles. The minimum absolute atomic E-state index is 0. The molecule has 2 rings (SSSR count). The summed E-state index contributed by atoms with van der Waals surface area (Å²) in [6.45, 7) is 1.40. The van der Waals surface area contributed by atoms with E-state index in [4.69, 9.17) is 10.3 Å². The average molecular weight is 459 g/mol. The number of oxime groups is 1. The van der Waals surface area contributed by atoms with E-state index >= 15 is 0 Å². The van der Waals surface area contributed by atoms with Gasteiger partial charge in [0.1, 0.15) is 0 Å². The van der Waals surface area contributed by atoms with E-state index < -0.39 is 5.97 Å². The maximum Gasteiger partial charge on any atom is 0.336 e. The van der Waals surface area contributed by atoms with Crippen molar-refractivity contribution in [2.75, 3.05) is 0 Å². The summed E-state index contributed by atoms with van der Waals surface area (Å²) in [6.07, 6.45) is 12.7. The molecule has 0 unspecified atom stereocenters. The van der Waals surface area contributed by atoms with Crippen LogP contribution in [0.1, 0.15) is 15.9 Å². The van der Waals surface area contributed by atoms with Gasteiger partial charge in [-0.25, -0.2) is 13.9 Å². The molecule has 0 saturated heterocycles. The summed E-state index contributed by atoms with van der Waals surface area (Å²) in [7, 11) is 0. The van der Waals surface area contributed by atoms with Crippen molar-refractivity contribution in [2.24, 2.45) is 5.16 Å². The first-order valence-electron chi connectivity index (χ1n) is 6.73. The van der Waals surface area contributed by atoms with Crippen molar-refractivity contribution in [1.82, 2.24) is 0 Å². The number of pyridine rings is 2. The number of hydrogen-bond acceptors (Lipinski definition) is 3. The van der Waals surface area contributed by atoms with Crippen LogP contribution in [-0.2, 0) is 13.1 Å². The zero-order valence-corrected chi connectivity index (χ0v) is 15.8. The molecule has 0 amide bonds. The Kier molecular flexibility index (Phi) is 10.5. The summed E-state index contributed by atoms with van der Waals surface area (Å²) in [6, 6.07) is 6.86. The lowest BCUT2D eigenvalue weighted by Gasteiger charge is -1.94. The highest BCUT2D eigenvalue weighted by Crippen LogP contribution is 1.94. The monoisotopic (exact) mass is 457 g/mol. The molecular formula is C16H17Br2N3O3. The Morgan fingerprint density at radius 3 is 1.83 bits per heavy atom. The SMILES string of the molecule is O=C(O)c1cc[n+](C/C=C/C[n+]2ccc(/C=N\O)cc2)cc1.[Br-].[Br-]. The van der Waals surface area contributed by atoms with Gasteiger partial charge in [0, 0.05) is 29.8 Å². The van der Waals surface area contributed by atoms with E-state index in [1.807, 2.05) is 45.8 Å². The van der Waals surface area contributed by atoms with Gasteiger partial charge in [0.2, 0.25) is 0 Å². The Bertz CT molecular complexity index is 687. The van der Waals surface area contributed by atoms with Crippen molar-refractivity contribution in [1.29, 1.82) is 0 Å². The van der Waals surface area contributed by atoms with E-state index in [1.165, 1.54) is 6.21 Å². The third-order valence-corrected chi connectivity index (χ3v) is 3.06. The fraction of sp³-hybridized carbons (Fsp3) is 0.125. The molecule has 0 aliphatic heterocycles. The molecule has 128 valence electrons. The summed E-state index contributed by atoms with van der Waals surface area (Å²) >= 11 is 0. The highest BCUT2D eigenvalue weighted by atomic mass is 79.9. The maximum atomic E-state index is 10.7. The van der Waals surface area contributed by atoms with Gasteiger partial charge in [-0.1, -0.05) is 5.16 Å². The van der Waals surface area contributed by atoms with Crippen LogP contribution in [0.25, 0.3) is 0 Å². The van der Waals surface area contributed by atoms with Gasteiger partial charge in [0.15, 0.2) is 37.9 Å². The van der Waals surface area contributed by atoms with Crippen LogP contribution in [0.15, 0.2) is 66.4 Å². The molecule has 0 fully saturated rings. The smallest absolute Gasteiger partial charge is 0.336 e. The second kappa shape index (κ2) is 11.5. The number of aromatic carboxylic acids is 1. The van der Waals surface area contributed by atoms with Crippen LogP contribution in [0.2, 0.25) is 0 Å². The van der Waals surface area contributed by atoms with Gasteiger partial charge >= 0.3 is 5.97 Å². The molecule has 2 aromatic heterocycles. The van der Waals surface area contributed by atoms with E-state index in [-0.39, 0.29) is 39.5 Å². The van der Waals surface area contributed by atoms with Gasteiger partial charge in [0.05, 0.1) is 11.8 Å². The van der Waals surface area contributed by atoms with Crippen LogP contribution in [0.4, 0.5) is 0 Å². The van der Waals surface area contributed by atoms with Crippen molar-refractivity contribution in [2.45, 2.75) is 13.1 Å². The van der Waals surface area contributed by atoms with Crippen LogP contribution >= 0.6 is 0 Å². The van der Waals surface area contributed by atoms with Crippen LogP contribution in [0.3, 0.4) is 0 Å². The van der Waals surface area contributed by atoms with Gasteiger partial charge in [-0.05, 0) is 12.2 Å². The molecule has 0 spiro atoms. The molecule has 6 nitrogen and oxygen atoms in total. The van der Waals surface area contributed by atoms with Crippen LogP contribution in [0.5, 0.6) is 0 Å². The molecule has 0 atom stereocenters. The van der Waals surface area contributed by atoms with Gasteiger partial charge in [-0.15, -0.1) is 0 Å². The van der Waals surface area contributed by atoms with Crippen LogP contribution in [0, 0.1) is 0 Å². The Labute approximate surface area is 160 Å². The first-order valence-corrected chi connectivity index (χ1v) is 6.73. The molecule has 24 heavy (non-hydrogen) atoms. The average Bonchev–Trinajstić information content (AvgIpc) is 2.54. The molecule has 0 aliphatic rings. The highest BCUT2D eigenvalue weighted by Gasteiger charge is 2.04. The third-order valence-electron chi connectivity index (χ3n) is 3.06. The van der Waals surface area contributed by atoms with Crippen molar-refractivity contribution in [3.63, 3.8) is 0 Å². The third kappa shape index (κ3) is 7.01. The van der Waals surface area contributed by atoms with Gasteiger partial charge < -0.3 is 44.3 Å². The first-order chi connectivity index (χ1) is 10.7. The Balaban J connectivity index is 0.00000264. The number of allylic oxidation sites excluding steroid dienone is 2. The minimum Gasteiger partial charge on any atom is -1.00 e. The molecule has 0 aromatic carbocycles. The second-order valence-corrected chi connectivity index (χ2v) is 4.63. The van der Waals surface area contributed by atoms with Crippen LogP contribution in [-0.4, -0.2) is 22.5 Å². The predicted molar refractivity (Wildman–Crippen MR) is 78.8 cm³/mol. The fourth-order valence-corrected chi connectivity index (χ4v) is 1.86. The number of hydrogen-bond donors (Lipinski definition) is 2. The molecule has 0 radical (unpaired) electrons. The van der Waals surface area contributed by atoms with E-state index in [0.717, 1.165) is 12.1 Å². The summed E-state index contributed by atoms with van der Waals surface area (Å²) < 4.78 is 3.89. The Morgan fingerprint density at radius 1 is 0.958 bits per heavy atom. The lowest BCUT2D eigenvalue weighted by molar-refractivity contribution is -0.691. The molecule has 0 saturated carbocycles. The van der Waals surface area contributed by atoms with Gasteiger partial charge in [0.25, 0.3) is 0 Å². The summed E-state index contributed by atoms with van der Waals surface area (Å²) in [5, 5.41) is 20.2. The number of carboxylic acids is 1. The van der Waals surface area contributed by atoms with Gasteiger partial charge in [-0.2, -0.15) is 0 Å². The van der Waals surface area contributed by atoms with Crippen molar-refractivity contribution < 1.29 is 58.2 Å². The number of carbonyl (C=O) groups is 1. The molecule has 8 heteroatoms. The Morgan fingerprint density at radius 2 is 1.42 bits per heavy atom. The van der Waals surface area contributed by atoms with Crippen molar-refractivity contribution in [3.8, 4) is 0 Å². The fourth-order valence-electron chi connectivity index (χ4n) is 1.86. The van der Waals surface area contributed by atoms with E-state index in [9.17, 15) is 4.79 Å². The molecular weight excluding hydrogens is 442 g/mol. The number of rotatable bonds is 6.